The topological polar surface area (TPSA) is 58.9 Å². The maximum atomic E-state index is 11.4. The van der Waals surface area contributed by atoms with Crippen LogP contribution in [0.3, 0.4) is 0 Å². The number of nitrogens with one attached hydrogen (secondary N) is 1. The molecule has 18 heavy (non-hydrogen) atoms. The molecule has 1 aliphatic carbocycles. The number of nitrogens with two attached hydrogens (primary N) is 1. The standard InChI is InChI=1S/C15H16N2O/c16-14-8-13(9-15(18)17-14)12-6-5-10-3-1-2-4-11(10)7-12/h5-9H,1-4H2,(H3,16,17,18). The van der Waals surface area contributed by atoms with Crippen molar-refractivity contribution in [3.8, 4) is 11.1 Å². The summed E-state index contributed by atoms with van der Waals surface area (Å²) in [6, 6.07) is 9.87. The molecule has 0 spiro atoms. The first kappa shape index (κ1) is 11.1. The normalized spacial score (nSPS) is 14.2. The number of nitrogen functional groups attached to an aromatic ring is 1. The van der Waals surface area contributed by atoms with Gasteiger partial charge in [0, 0.05) is 6.07 Å². The molecule has 3 heteroatoms. The third-order valence-electron chi connectivity index (χ3n) is 3.55. The molecular formula is C15H16N2O. The fourth-order valence-electron chi connectivity index (χ4n) is 2.64. The molecule has 0 amide bonds. The van der Waals surface area contributed by atoms with Gasteiger partial charge in [0.15, 0.2) is 0 Å². The van der Waals surface area contributed by atoms with Gasteiger partial charge in [0.2, 0.25) is 5.56 Å². The third kappa shape index (κ3) is 2.04. The smallest absolute Gasteiger partial charge is 0.250 e. The Morgan fingerprint density at radius 3 is 2.50 bits per heavy atom. The van der Waals surface area contributed by atoms with Gasteiger partial charge in [0.1, 0.15) is 5.82 Å². The Morgan fingerprint density at radius 2 is 1.72 bits per heavy atom. The summed E-state index contributed by atoms with van der Waals surface area (Å²) in [5.74, 6) is 0.412. The van der Waals surface area contributed by atoms with Crippen LogP contribution in [-0.2, 0) is 12.8 Å². The molecule has 3 rings (SSSR count). The molecule has 0 unspecified atom stereocenters. The number of fused-ring (bicyclic) bond motifs is 1. The van der Waals surface area contributed by atoms with Crippen molar-refractivity contribution >= 4 is 5.82 Å². The highest BCUT2D eigenvalue weighted by Crippen LogP contribution is 2.27. The molecule has 0 fully saturated rings. The van der Waals surface area contributed by atoms with Crippen LogP contribution in [0.1, 0.15) is 24.0 Å². The van der Waals surface area contributed by atoms with E-state index < -0.39 is 0 Å². The monoisotopic (exact) mass is 240 g/mol. The fourth-order valence-corrected chi connectivity index (χ4v) is 2.64. The average Bonchev–Trinajstić information content (AvgIpc) is 2.37. The maximum absolute atomic E-state index is 11.4. The van der Waals surface area contributed by atoms with Crippen molar-refractivity contribution in [1.82, 2.24) is 4.98 Å². The molecule has 1 aliphatic rings. The fraction of sp³-hybridized carbons (Fsp3) is 0.267. The number of hydrogen-bond acceptors (Lipinski definition) is 2. The van der Waals surface area contributed by atoms with Crippen molar-refractivity contribution in [3.63, 3.8) is 0 Å². The van der Waals surface area contributed by atoms with Gasteiger partial charge in [-0.05, 0) is 54.0 Å². The number of rotatable bonds is 1. The summed E-state index contributed by atoms with van der Waals surface area (Å²) in [6.07, 6.45) is 4.85. The van der Waals surface area contributed by atoms with E-state index in [1.807, 2.05) is 6.07 Å². The maximum Gasteiger partial charge on any atom is 0.250 e. The van der Waals surface area contributed by atoms with Crippen molar-refractivity contribution in [2.75, 3.05) is 5.73 Å². The zero-order valence-electron chi connectivity index (χ0n) is 10.2. The number of aromatic nitrogens is 1. The van der Waals surface area contributed by atoms with Gasteiger partial charge < -0.3 is 10.7 Å². The van der Waals surface area contributed by atoms with Gasteiger partial charge in [-0.3, -0.25) is 4.79 Å². The lowest BCUT2D eigenvalue weighted by Gasteiger charge is -2.16. The lowest BCUT2D eigenvalue weighted by atomic mass is 9.89. The first-order valence-electron chi connectivity index (χ1n) is 6.34. The molecule has 3 N–H and O–H groups in total. The van der Waals surface area contributed by atoms with Crippen LogP contribution in [0.15, 0.2) is 35.1 Å². The largest absolute Gasteiger partial charge is 0.385 e. The van der Waals surface area contributed by atoms with Gasteiger partial charge >= 0.3 is 0 Å². The summed E-state index contributed by atoms with van der Waals surface area (Å²) >= 11 is 0. The van der Waals surface area contributed by atoms with E-state index in [1.54, 1.807) is 6.07 Å². The summed E-state index contributed by atoms with van der Waals surface area (Å²) in [5.41, 5.74) is 10.4. The second kappa shape index (κ2) is 4.33. The SMILES string of the molecule is Nc1cc(-c2ccc3c(c2)CCCC3)cc(=O)[nH]1. The minimum Gasteiger partial charge on any atom is -0.385 e. The lowest BCUT2D eigenvalue weighted by Crippen LogP contribution is -2.08. The molecule has 2 aromatic rings. The van der Waals surface area contributed by atoms with Crippen molar-refractivity contribution in [1.29, 1.82) is 0 Å². The molecule has 1 aromatic heterocycles. The van der Waals surface area contributed by atoms with Crippen LogP contribution < -0.4 is 11.3 Å². The first-order valence-corrected chi connectivity index (χ1v) is 6.34. The number of hydrogen-bond donors (Lipinski definition) is 2. The molecule has 0 aliphatic heterocycles. The van der Waals surface area contributed by atoms with Crippen molar-refractivity contribution in [2.45, 2.75) is 25.7 Å². The van der Waals surface area contributed by atoms with Gasteiger partial charge in [-0.15, -0.1) is 0 Å². The summed E-state index contributed by atoms with van der Waals surface area (Å²) in [5, 5.41) is 0. The predicted molar refractivity (Wildman–Crippen MR) is 73.6 cm³/mol. The Bertz CT molecular complexity index is 643. The third-order valence-corrected chi connectivity index (χ3v) is 3.55. The lowest BCUT2D eigenvalue weighted by molar-refractivity contribution is 0.686. The Hall–Kier alpha value is -2.03. The van der Waals surface area contributed by atoms with E-state index in [9.17, 15) is 4.79 Å². The molecule has 1 aromatic carbocycles. The van der Waals surface area contributed by atoms with E-state index in [0.29, 0.717) is 5.82 Å². The highest BCUT2D eigenvalue weighted by atomic mass is 16.1. The molecule has 1 heterocycles. The number of anilines is 1. The van der Waals surface area contributed by atoms with E-state index in [2.05, 4.69) is 23.2 Å². The predicted octanol–water partition coefficient (Wildman–Crippen LogP) is 2.50. The highest BCUT2D eigenvalue weighted by Gasteiger charge is 2.10. The molecule has 92 valence electrons. The first-order chi connectivity index (χ1) is 8.72. The van der Waals surface area contributed by atoms with Gasteiger partial charge in [-0.1, -0.05) is 18.2 Å². The Morgan fingerprint density at radius 1 is 0.944 bits per heavy atom. The molecule has 0 atom stereocenters. The van der Waals surface area contributed by atoms with E-state index >= 15 is 0 Å². The minimum atomic E-state index is -0.150. The van der Waals surface area contributed by atoms with Crippen LogP contribution in [0.25, 0.3) is 11.1 Å². The van der Waals surface area contributed by atoms with Gasteiger partial charge in [-0.2, -0.15) is 0 Å². The zero-order chi connectivity index (χ0) is 12.5. The molecule has 0 saturated carbocycles. The Balaban J connectivity index is 2.08. The number of H-pyrrole nitrogens is 1. The molecule has 0 radical (unpaired) electrons. The summed E-state index contributed by atoms with van der Waals surface area (Å²) < 4.78 is 0. The number of aryl methyl sites for hydroxylation is 2. The molecular weight excluding hydrogens is 224 g/mol. The number of aromatic amines is 1. The van der Waals surface area contributed by atoms with Crippen LogP contribution in [-0.4, -0.2) is 4.98 Å². The van der Waals surface area contributed by atoms with Gasteiger partial charge in [0.25, 0.3) is 0 Å². The van der Waals surface area contributed by atoms with Crippen molar-refractivity contribution < 1.29 is 0 Å². The molecule has 0 bridgehead atoms. The summed E-state index contributed by atoms with van der Waals surface area (Å²) in [6.45, 7) is 0. The second-order valence-corrected chi connectivity index (χ2v) is 4.88. The van der Waals surface area contributed by atoms with Gasteiger partial charge in [0.05, 0.1) is 0 Å². The summed E-state index contributed by atoms with van der Waals surface area (Å²) in [7, 11) is 0. The van der Waals surface area contributed by atoms with Crippen LogP contribution in [0.2, 0.25) is 0 Å². The summed E-state index contributed by atoms with van der Waals surface area (Å²) in [4.78, 5) is 14.0. The Kier molecular flexibility index (Phi) is 2.67. The highest BCUT2D eigenvalue weighted by molar-refractivity contribution is 5.67. The minimum absolute atomic E-state index is 0.150. The molecule has 3 nitrogen and oxygen atoms in total. The quantitative estimate of drug-likeness (QED) is 0.804. The zero-order valence-corrected chi connectivity index (χ0v) is 10.2. The number of benzene rings is 1. The van der Waals surface area contributed by atoms with E-state index in [0.717, 1.165) is 17.5 Å². The molecule has 0 saturated heterocycles. The van der Waals surface area contributed by atoms with E-state index in [1.165, 1.54) is 30.4 Å². The van der Waals surface area contributed by atoms with Crippen LogP contribution in [0, 0.1) is 0 Å². The van der Waals surface area contributed by atoms with Crippen LogP contribution in [0.4, 0.5) is 5.82 Å². The van der Waals surface area contributed by atoms with E-state index in [-0.39, 0.29) is 5.56 Å². The van der Waals surface area contributed by atoms with E-state index in [4.69, 9.17) is 5.73 Å². The average molecular weight is 240 g/mol. The van der Waals surface area contributed by atoms with Crippen molar-refractivity contribution in [2.24, 2.45) is 0 Å². The Labute approximate surface area is 106 Å². The number of pyridine rings is 1. The van der Waals surface area contributed by atoms with Gasteiger partial charge in [-0.25, -0.2) is 0 Å². The van der Waals surface area contributed by atoms with Crippen LogP contribution >= 0.6 is 0 Å². The van der Waals surface area contributed by atoms with Crippen molar-refractivity contribution in [3.05, 3.63) is 51.8 Å². The second-order valence-electron chi connectivity index (χ2n) is 4.88. The van der Waals surface area contributed by atoms with Crippen LogP contribution in [0.5, 0.6) is 0 Å².